The number of hydrogen-bond donors (Lipinski definition) is 3. The van der Waals surface area contributed by atoms with E-state index in [-0.39, 0.29) is 10.6 Å². The molecule has 0 saturated carbocycles. The highest BCUT2D eigenvalue weighted by Gasteiger charge is 2.48. The van der Waals surface area contributed by atoms with Crippen LogP contribution in [0.15, 0.2) is 57.9 Å². The number of allylic oxidation sites excluding steroid dienone is 1. The molecular weight excluding hydrogens is 420 g/mol. The van der Waals surface area contributed by atoms with E-state index in [0.29, 0.717) is 16.6 Å². The van der Waals surface area contributed by atoms with Crippen molar-refractivity contribution in [3.05, 3.63) is 58.6 Å². The lowest BCUT2D eigenvalue weighted by Crippen LogP contribution is -2.40. The van der Waals surface area contributed by atoms with Crippen molar-refractivity contribution in [2.75, 3.05) is 17.1 Å². The molecule has 1 aliphatic carbocycles. The fourth-order valence-electron chi connectivity index (χ4n) is 3.42. The first-order valence-corrected chi connectivity index (χ1v) is 10.3. The zero-order chi connectivity index (χ0) is 18.5. The second-order valence-corrected chi connectivity index (χ2v) is 8.84. The normalized spacial score (nSPS) is 23.3. The lowest BCUT2D eigenvalue weighted by atomic mass is 9.71. The van der Waals surface area contributed by atoms with Gasteiger partial charge in [0.2, 0.25) is 0 Å². The molecule has 2 aliphatic rings. The van der Waals surface area contributed by atoms with Crippen LogP contribution in [0.1, 0.15) is 12.0 Å². The average Bonchev–Trinajstić information content (AvgIpc) is 2.87. The predicted molar refractivity (Wildman–Crippen MR) is 103 cm³/mol. The lowest BCUT2D eigenvalue weighted by molar-refractivity contribution is 0.135. The van der Waals surface area contributed by atoms with Crippen LogP contribution in [0, 0.1) is 0 Å². The number of aliphatic hydroxyl groups is 1. The van der Waals surface area contributed by atoms with Crippen LogP contribution in [0.2, 0.25) is 0 Å². The standard InChI is InChI=1S/C18H17BrN2O4S/c1-25-14-5-2-3-6-15(14)26(23,24)21-11-9-12-16(13(19)10-11)20-17(22)18(12)7-4-8-18/h2-7,9-10,17,20-22H,8H2,1H3. The Morgan fingerprint density at radius 3 is 2.73 bits per heavy atom. The Morgan fingerprint density at radius 1 is 1.35 bits per heavy atom. The Balaban J connectivity index is 1.75. The minimum atomic E-state index is -3.83. The molecule has 26 heavy (non-hydrogen) atoms. The number of anilines is 2. The van der Waals surface area contributed by atoms with Crippen LogP contribution < -0.4 is 14.8 Å². The van der Waals surface area contributed by atoms with Gasteiger partial charge in [0.05, 0.1) is 23.9 Å². The molecule has 0 aromatic heterocycles. The topological polar surface area (TPSA) is 87.7 Å². The monoisotopic (exact) mass is 436 g/mol. The summed E-state index contributed by atoms with van der Waals surface area (Å²) >= 11 is 3.47. The van der Waals surface area contributed by atoms with Gasteiger partial charge >= 0.3 is 0 Å². The second-order valence-electron chi connectivity index (χ2n) is 6.33. The number of ether oxygens (including phenoxy) is 1. The van der Waals surface area contributed by atoms with Gasteiger partial charge in [-0.3, -0.25) is 4.72 Å². The number of hydrogen-bond acceptors (Lipinski definition) is 5. The highest BCUT2D eigenvalue weighted by Crippen LogP contribution is 2.51. The number of aliphatic hydroxyl groups excluding tert-OH is 1. The summed E-state index contributed by atoms with van der Waals surface area (Å²) in [6.45, 7) is 0. The molecule has 0 fully saturated rings. The Hall–Kier alpha value is -2.03. The van der Waals surface area contributed by atoms with E-state index in [9.17, 15) is 13.5 Å². The van der Waals surface area contributed by atoms with E-state index in [0.717, 1.165) is 11.3 Å². The summed E-state index contributed by atoms with van der Waals surface area (Å²) in [6, 6.07) is 9.88. The van der Waals surface area contributed by atoms with Crippen LogP contribution in [-0.4, -0.2) is 26.9 Å². The van der Waals surface area contributed by atoms with Crippen molar-refractivity contribution in [2.45, 2.75) is 23.0 Å². The van der Waals surface area contributed by atoms with E-state index < -0.39 is 21.7 Å². The molecular formula is C18H17BrN2O4S. The molecule has 1 spiro atoms. The molecule has 2 aromatic rings. The number of sulfonamides is 1. The molecule has 6 nitrogen and oxygen atoms in total. The molecule has 0 radical (unpaired) electrons. The van der Waals surface area contributed by atoms with E-state index >= 15 is 0 Å². The van der Waals surface area contributed by atoms with Gasteiger partial charge in [-0.1, -0.05) is 24.3 Å². The van der Waals surface area contributed by atoms with E-state index in [1.807, 2.05) is 12.2 Å². The molecule has 8 heteroatoms. The fourth-order valence-corrected chi connectivity index (χ4v) is 5.20. The van der Waals surface area contributed by atoms with Crippen molar-refractivity contribution in [2.24, 2.45) is 0 Å². The van der Waals surface area contributed by atoms with Crippen molar-refractivity contribution in [1.82, 2.24) is 0 Å². The highest BCUT2D eigenvalue weighted by atomic mass is 79.9. The van der Waals surface area contributed by atoms with Gasteiger partial charge in [0, 0.05) is 4.47 Å². The molecule has 3 N–H and O–H groups in total. The molecule has 1 heterocycles. The summed E-state index contributed by atoms with van der Waals surface area (Å²) in [5, 5.41) is 13.4. The Labute approximate surface area is 160 Å². The molecule has 2 aromatic carbocycles. The smallest absolute Gasteiger partial charge is 0.265 e. The summed E-state index contributed by atoms with van der Waals surface area (Å²) in [4.78, 5) is 0.0653. The SMILES string of the molecule is COc1ccccc1S(=O)(=O)Nc1cc(Br)c2c(c1)C1(C=CC1)C(O)N2. The minimum absolute atomic E-state index is 0.0653. The molecule has 136 valence electrons. The quantitative estimate of drug-likeness (QED) is 0.640. The highest BCUT2D eigenvalue weighted by molar-refractivity contribution is 9.10. The van der Waals surface area contributed by atoms with Gasteiger partial charge in [0.25, 0.3) is 10.0 Å². The third-order valence-corrected chi connectivity index (χ3v) is 6.89. The van der Waals surface area contributed by atoms with Gasteiger partial charge in [-0.25, -0.2) is 8.42 Å². The lowest BCUT2D eigenvalue weighted by Gasteiger charge is -2.34. The van der Waals surface area contributed by atoms with E-state index in [4.69, 9.17) is 4.74 Å². The maximum Gasteiger partial charge on any atom is 0.265 e. The summed E-state index contributed by atoms with van der Waals surface area (Å²) in [5.41, 5.74) is 1.54. The Kier molecular flexibility index (Phi) is 4.02. The van der Waals surface area contributed by atoms with Crippen molar-refractivity contribution in [3.8, 4) is 5.75 Å². The van der Waals surface area contributed by atoms with E-state index in [1.54, 1.807) is 30.3 Å². The Bertz CT molecular complexity index is 1020. The molecule has 1 aliphatic heterocycles. The summed E-state index contributed by atoms with van der Waals surface area (Å²) < 4.78 is 34.1. The number of methoxy groups -OCH3 is 1. The maximum atomic E-state index is 12.8. The zero-order valence-electron chi connectivity index (χ0n) is 13.9. The van der Waals surface area contributed by atoms with Crippen LogP contribution in [-0.2, 0) is 15.4 Å². The van der Waals surface area contributed by atoms with E-state index in [1.165, 1.54) is 13.2 Å². The molecule has 2 unspecified atom stereocenters. The number of benzene rings is 2. The fraction of sp³-hybridized carbons (Fsp3) is 0.222. The first kappa shape index (κ1) is 17.4. The average molecular weight is 437 g/mol. The summed E-state index contributed by atoms with van der Waals surface area (Å²) in [5.74, 6) is 0.274. The zero-order valence-corrected chi connectivity index (χ0v) is 16.3. The first-order valence-electron chi connectivity index (χ1n) is 7.99. The van der Waals surface area contributed by atoms with Crippen LogP contribution >= 0.6 is 15.9 Å². The predicted octanol–water partition coefficient (Wildman–Crippen LogP) is 3.20. The molecule has 0 amide bonds. The van der Waals surface area contributed by atoms with Gasteiger partial charge in [0.15, 0.2) is 0 Å². The van der Waals surface area contributed by atoms with Crippen molar-refractivity contribution < 1.29 is 18.3 Å². The third kappa shape index (κ3) is 2.52. The van der Waals surface area contributed by atoms with Crippen LogP contribution in [0.3, 0.4) is 0 Å². The van der Waals surface area contributed by atoms with Crippen LogP contribution in [0.5, 0.6) is 5.75 Å². The van der Waals surface area contributed by atoms with Crippen molar-refractivity contribution >= 4 is 37.3 Å². The summed E-state index contributed by atoms with van der Waals surface area (Å²) in [7, 11) is -2.40. The van der Waals surface area contributed by atoms with Gasteiger partial charge < -0.3 is 15.2 Å². The van der Waals surface area contributed by atoms with Crippen molar-refractivity contribution in [3.63, 3.8) is 0 Å². The third-order valence-electron chi connectivity index (χ3n) is 4.84. The van der Waals surface area contributed by atoms with Gasteiger partial charge in [-0.05, 0) is 52.2 Å². The van der Waals surface area contributed by atoms with Gasteiger partial charge in [-0.2, -0.15) is 0 Å². The second kappa shape index (κ2) is 6.00. The number of halogens is 1. The molecule has 2 atom stereocenters. The number of para-hydroxylation sites is 1. The maximum absolute atomic E-state index is 12.8. The molecule has 0 bridgehead atoms. The Morgan fingerprint density at radius 2 is 2.08 bits per heavy atom. The number of rotatable bonds is 4. The first-order chi connectivity index (χ1) is 12.4. The number of nitrogens with one attached hydrogen (secondary N) is 2. The van der Waals surface area contributed by atoms with Crippen LogP contribution in [0.25, 0.3) is 0 Å². The van der Waals surface area contributed by atoms with Crippen molar-refractivity contribution in [1.29, 1.82) is 0 Å². The van der Waals surface area contributed by atoms with Gasteiger partial charge in [-0.15, -0.1) is 0 Å². The summed E-state index contributed by atoms with van der Waals surface area (Å²) in [6.07, 6.45) is 3.89. The molecule has 0 saturated heterocycles. The van der Waals surface area contributed by atoms with Crippen LogP contribution in [0.4, 0.5) is 11.4 Å². The number of fused-ring (bicyclic) bond motifs is 2. The molecule has 4 rings (SSSR count). The van der Waals surface area contributed by atoms with Gasteiger partial charge in [0.1, 0.15) is 16.9 Å². The van der Waals surface area contributed by atoms with E-state index in [2.05, 4.69) is 26.0 Å². The minimum Gasteiger partial charge on any atom is -0.495 e. The largest absolute Gasteiger partial charge is 0.495 e.